The number of hydrogen-bond acceptors (Lipinski definition) is 4. The molecular weight excluding hydrogens is 206 g/mol. The molecule has 0 aromatic carbocycles. The second-order valence-corrected chi connectivity index (χ2v) is 4.61. The zero-order valence-corrected chi connectivity index (χ0v) is 9.91. The summed E-state index contributed by atoms with van der Waals surface area (Å²) in [6, 6.07) is 1.56. The van der Waals surface area contributed by atoms with Crippen molar-refractivity contribution in [1.29, 1.82) is 5.26 Å². The Kier molecular flexibility index (Phi) is 3.66. The van der Waals surface area contributed by atoms with Crippen LogP contribution in [0, 0.1) is 16.7 Å². The van der Waals surface area contributed by atoms with Crippen molar-refractivity contribution in [3.63, 3.8) is 0 Å². The van der Waals surface area contributed by atoms with Gasteiger partial charge < -0.3 is 5.32 Å². The number of nitriles is 1. The highest BCUT2D eigenvalue weighted by Crippen LogP contribution is 2.31. The predicted octanol–water partition coefficient (Wildman–Crippen LogP) is 0.273. The zero-order valence-electron chi connectivity index (χ0n) is 9.91. The number of nitrogens with one attached hydrogen (secondary N) is 1. The van der Waals surface area contributed by atoms with Crippen LogP contribution in [0.3, 0.4) is 0 Å². The fourth-order valence-corrected chi connectivity index (χ4v) is 1.79. The topological polar surface area (TPSA) is 73.2 Å². The zero-order chi connectivity index (χ0) is 12.3. The summed E-state index contributed by atoms with van der Waals surface area (Å²) >= 11 is 0. The van der Waals surface area contributed by atoms with Crippen LogP contribution in [0.2, 0.25) is 0 Å². The number of likely N-dealkylation sites (N-methyl/N-ethyl adjacent to an activating group) is 1. The van der Waals surface area contributed by atoms with Crippen LogP contribution in [0.4, 0.5) is 0 Å². The average Bonchev–Trinajstić information content (AvgIpc) is 2.39. The van der Waals surface area contributed by atoms with Gasteiger partial charge in [-0.1, -0.05) is 20.8 Å². The standard InChI is InChI=1S/C11H17N3O2/c1-4-13-8(6-12)7-14-9(15)5-11(2,3)10(14)16/h8,13H,4-5,7H2,1-3H3. The van der Waals surface area contributed by atoms with Crippen molar-refractivity contribution in [2.24, 2.45) is 5.41 Å². The highest BCUT2D eigenvalue weighted by atomic mass is 16.2. The molecule has 0 aromatic heterocycles. The fraction of sp³-hybridized carbons (Fsp3) is 0.727. The van der Waals surface area contributed by atoms with Gasteiger partial charge in [-0.3, -0.25) is 14.5 Å². The van der Waals surface area contributed by atoms with Crippen molar-refractivity contribution >= 4 is 11.8 Å². The van der Waals surface area contributed by atoms with Crippen LogP contribution < -0.4 is 5.32 Å². The first-order valence-corrected chi connectivity index (χ1v) is 5.40. The van der Waals surface area contributed by atoms with Crippen molar-refractivity contribution in [3.8, 4) is 6.07 Å². The summed E-state index contributed by atoms with van der Waals surface area (Å²) in [5.74, 6) is -0.371. The summed E-state index contributed by atoms with van der Waals surface area (Å²) < 4.78 is 0. The van der Waals surface area contributed by atoms with E-state index in [0.29, 0.717) is 6.54 Å². The minimum Gasteiger partial charge on any atom is -0.301 e. The lowest BCUT2D eigenvalue weighted by atomic mass is 9.92. The van der Waals surface area contributed by atoms with Gasteiger partial charge >= 0.3 is 0 Å². The molecule has 5 heteroatoms. The second kappa shape index (κ2) is 4.62. The molecule has 2 amide bonds. The molecule has 16 heavy (non-hydrogen) atoms. The third-order valence-corrected chi connectivity index (χ3v) is 2.69. The van der Waals surface area contributed by atoms with E-state index in [1.807, 2.05) is 13.0 Å². The van der Waals surface area contributed by atoms with E-state index in [-0.39, 0.29) is 24.8 Å². The van der Waals surface area contributed by atoms with Gasteiger partial charge in [0.25, 0.3) is 0 Å². The van der Waals surface area contributed by atoms with Gasteiger partial charge in [0.15, 0.2) is 0 Å². The summed E-state index contributed by atoms with van der Waals surface area (Å²) in [5.41, 5.74) is -0.622. The highest BCUT2D eigenvalue weighted by molar-refractivity contribution is 6.05. The number of nitrogens with zero attached hydrogens (tertiary/aromatic N) is 2. The first-order chi connectivity index (χ1) is 7.42. The second-order valence-electron chi connectivity index (χ2n) is 4.61. The molecule has 0 spiro atoms. The third kappa shape index (κ3) is 2.39. The molecule has 1 N–H and O–H groups in total. The maximum Gasteiger partial charge on any atom is 0.235 e. The first-order valence-electron chi connectivity index (χ1n) is 5.40. The summed E-state index contributed by atoms with van der Waals surface area (Å²) in [6.07, 6.45) is 0.232. The molecule has 5 nitrogen and oxygen atoms in total. The van der Waals surface area contributed by atoms with Crippen LogP contribution in [0.1, 0.15) is 27.2 Å². The molecule has 1 aliphatic heterocycles. The van der Waals surface area contributed by atoms with Gasteiger partial charge in [-0.05, 0) is 6.54 Å². The lowest BCUT2D eigenvalue weighted by Crippen LogP contribution is -2.43. The molecule has 0 aromatic rings. The number of likely N-dealkylation sites (tertiary alicyclic amines) is 1. The molecule has 88 valence electrons. The van der Waals surface area contributed by atoms with Gasteiger partial charge in [0.2, 0.25) is 11.8 Å². The Hall–Kier alpha value is -1.41. The molecule has 1 atom stereocenters. The van der Waals surface area contributed by atoms with E-state index in [1.54, 1.807) is 13.8 Å². The van der Waals surface area contributed by atoms with Gasteiger partial charge in [0, 0.05) is 6.42 Å². The van der Waals surface area contributed by atoms with Gasteiger partial charge in [-0.25, -0.2) is 0 Å². The molecule has 0 aliphatic carbocycles. The van der Waals surface area contributed by atoms with Crippen molar-refractivity contribution in [2.75, 3.05) is 13.1 Å². The smallest absolute Gasteiger partial charge is 0.235 e. The maximum absolute atomic E-state index is 11.9. The molecule has 0 radical (unpaired) electrons. The van der Waals surface area contributed by atoms with Crippen molar-refractivity contribution < 1.29 is 9.59 Å². The first kappa shape index (κ1) is 12.7. The van der Waals surface area contributed by atoms with Gasteiger partial charge in [-0.2, -0.15) is 5.26 Å². The minimum absolute atomic E-state index is 0.144. The van der Waals surface area contributed by atoms with E-state index in [9.17, 15) is 9.59 Å². The maximum atomic E-state index is 11.9. The fourth-order valence-electron chi connectivity index (χ4n) is 1.79. The summed E-state index contributed by atoms with van der Waals surface area (Å²) in [7, 11) is 0. The van der Waals surface area contributed by atoms with E-state index in [4.69, 9.17) is 5.26 Å². The summed E-state index contributed by atoms with van der Waals surface area (Å²) in [5, 5.41) is 11.8. The molecule has 1 saturated heterocycles. The Morgan fingerprint density at radius 2 is 2.19 bits per heavy atom. The summed E-state index contributed by atoms with van der Waals surface area (Å²) in [6.45, 7) is 6.16. The lowest BCUT2D eigenvalue weighted by molar-refractivity contribution is -0.141. The van der Waals surface area contributed by atoms with E-state index in [0.717, 1.165) is 0 Å². The number of carbonyl (C=O) groups is 2. The van der Waals surface area contributed by atoms with Crippen LogP contribution in [-0.2, 0) is 9.59 Å². The molecule has 0 saturated carbocycles. The third-order valence-electron chi connectivity index (χ3n) is 2.69. The van der Waals surface area contributed by atoms with Crippen LogP contribution in [-0.4, -0.2) is 35.8 Å². The number of rotatable bonds is 4. The van der Waals surface area contributed by atoms with Crippen molar-refractivity contribution in [1.82, 2.24) is 10.2 Å². The van der Waals surface area contributed by atoms with Crippen LogP contribution in [0.15, 0.2) is 0 Å². The lowest BCUT2D eigenvalue weighted by Gasteiger charge is -2.20. The largest absolute Gasteiger partial charge is 0.301 e. The number of hydrogen-bond donors (Lipinski definition) is 1. The van der Waals surface area contributed by atoms with E-state index in [1.165, 1.54) is 4.90 Å². The predicted molar refractivity (Wildman–Crippen MR) is 58.2 cm³/mol. The van der Waals surface area contributed by atoms with Gasteiger partial charge in [0.1, 0.15) is 6.04 Å². The highest BCUT2D eigenvalue weighted by Gasteiger charge is 2.45. The molecule has 1 aliphatic rings. The Bertz CT molecular complexity index is 344. The van der Waals surface area contributed by atoms with Crippen LogP contribution in [0.25, 0.3) is 0 Å². The molecule has 1 heterocycles. The Balaban J connectivity index is 2.72. The molecule has 1 rings (SSSR count). The minimum atomic E-state index is -0.622. The van der Waals surface area contributed by atoms with E-state index >= 15 is 0 Å². The van der Waals surface area contributed by atoms with Crippen molar-refractivity contribution in [2.45, 2.75) is 33.2 Å². The molecular formula is C11H17N3O2. The number of imide groups is 1. The Morgan fingerprint density at radius 3 is 2.56 bits per heavy atom. The Labute approximate surface area is 95.4 Å². The molecule has 1 fully saturated rings. The van der Waals surface area contributed by atoms with Gasteiger partial charge in [-0.15, -0.1) is 0 Å². The normalized spacial score (nSPS) is 21.0. The number of carbonyl (C=O) groups excluding carboxylic acids is 2. The SMILES string of the molecule is CCNC(C#N)CN1C(=O)CC(C)(C)C1=O. The van der Waals surface area contributed by atoms with E-state index < -0.39 is 11.5 Å². The van der Waals surface area contributed by atoms with E-state index in [2.05, 4.69) is 5.32 Å². The van der Waals surface area contributed by atoms with Crippen LogP contribution in [0.5, 0.6) is 0 Å². The van der Waals surface area contributed by atoms with Crippen molar-refractivity contribution in [3.05, 3.63) is 0 Å². The molecule has 0 bridgehead atoms. The summed E-state index contributed by atoms with van der Waals surface area (Å²) in [4.78, 5) is 24.7. The average molecular weight is 223 g/mol. The number of amides is 2. The Morgan fingerprint density at radius 1 is 1.56 bits per heavy atom. The van der Waals surface area contributed by atoms with Crippen LogP contribution >= 0.6 is 0 Å². The molecule has 1 unspecified atom stereocenters. The monoisotopic (exact) mass is 223 g/mol. The quantitative estimate of drug-likeness (QED) is 0.694. The van der Waals surface area contributed by atoms with Gasteiger partial charge in [0.05, 0.1) is 18.0 Å².